The van der Waals surface area contributed by atoms with Crippen molar-refractivity contribution in [2.24, 2.45) is 0 Å². The molecule has 2 heterocycles. The van der Waals surface area contributed by atoms with Gasteiger partial charge in [-0.1, -0.05) is 0 Å². The number of benzene rings is 2. The van der Waals surface area contributed by atoms with Gasteiger partial charge in [-0.25, -0.2) is 32.0 Å². The van der Waals surface area contributed by atoms with Crippen LogP contribution in [-0.4, -0.2) is 25.1 Å². The lowest BCUT2D eigenvalue weighted by atomic mass is 10.3. The fraction of sp³-hybridized carbons (Fsp3) is 0.100. The molecular weight excluding hydrogens is 413 g/mol. The number of nitrogens with zero attached hydrogens (tertiary/aromatic N) is 4. The first-order valence-electron chi connectivity index (χ1n) is 9.05. The molecule has 31 heavy (non-hydrogen) atoms. The van der Waals surface area contributed by atoms with Crippen molar-refractivity contribution in [1.82, 2.24) is 19.2 Å². The Bertz CT molecular complexity index is 1350. The Hall–Kier alpha value is -4.15. The van der Waals surface area contributed by atoms with Gasteiger partial charge in [0.1, 0.15) is 12.4 Å². The van der Waals surface area contributed by atoms with Crippen LogP contribution in [0.1, 0.15) is 5.69 Å². The van der Waals surface area contributed by atoms with E-state index in [2.05, 4.69) is 20.7 Å². The van der Waals surface area contributed by atoms with Gasteiger partial charge in [0.15, 0.2) is 17.3 Å². The molecule has 0 atom stereocenters. The van der Waals surface area contributed by atoms with E-state index in [-0.39, 0.29) is 17.3 Å². The van der Waals surface area contributed by atoms with Crippen molar-refractivity contribution in [1.29, 1.82) is 0 Å². The van der Waals surface area contributed by atoms with Crippen LogP contribution in [0.2, 0.25) is 0 Å². The van der Waals surface area contributed by atoms with Gasteiger partial charge in [-0.3, -0.25) is 4.79 Å². The molecule has 11 heteroatoms. The molecule has 2 aromatic carbocycles. The maximum Gasteiger partial charge on any atom is 0.353 e. The summed E-state index contributed by atoms with van der Waals surface area (Å²) in [5, 5.41) is 9.44. The molecule has 158 valence electrons. The average molecular weight is 428 g/mol. The summed E-state index contributed by atoms with van der Waals surface area (Å²) in [4.78, 5) is 29.4. The van der Waals surface area contributed by atoms with Crippen LogP contribution in [0.3, 0.4) is 0 Å². The van der Waals surface area contributed by atoms with Gasteiger partial charge in [0, 0.05) is 29.2 Å². The van der Waals surface area contributed by atoms with Crippen LogP contribution in [0, 0.1) is 24.4 Å². The van der Waals surface area contributed by atoms with Gasteiger partial charge in [0.25, 0.3) is 0 Å². The van der Waals surface area contributed by atoms with E-state index in [0.29, 0.717) is 11.4 Å². The molecule has 0 spiro atoms. The Morgan fingerprint density at radius 1 is 1.00 bits per heavy atom. The number of fused-ring (bicyclic) bond motifs is 1. The largest absolute Gasteiger partial charge is 0.353 e. The predicted molar refractivity (Wildman–Crippen MR) is 107 cm³/mol. The monoisotopic (exact) mass is 428 g/mol. The zero-order chi connectivity index (χ0) is 22.1. The molecule has 4 aromatic rings. The molecule has 0 aliphatic rings. The summed E-state index contributed by atoms with van der Waals surface area (Å²) < 4.78 is 41.6. The van der Waals surface area contributed by atoms with Gasteiger partial charge >= 0.3 is 5.69 Å². The van der Waals surface area contributed by atoms with Crippen molar-refractivity contribution in [2.75, 3.05) is 10.6 Å². The number of carbonyl (C=O) groups is 1. The SMILES string of the molecule is Cc1cc2nn(CC(=O)Nc3ccc(F)c(F)c3)c(=O)n2c(Nc2ccc(F)cc2)n1. The van der Waals surface area contributed by atoms with Crippen LogP contribution in [-0.2, 0) is 11.3 Å². The summed E-state index contributed by atoms with van der Waals surface area (Å²) in [6, 6.07) is 9.93. The van der Waals surface area contributed by atoms with Crippen molar-refractivity contribution < 1.29 is 18.0 Å². The average Bonchev–Trinajstić information content (AvgIpc) is 3.01. The van der Waals surface area contributed by atoms with E-state index >= 15 is 0 Å². The summed E-state index contributed by atoms with van der Waals surface area (Å²) in [5.74, 6) is -3.09. The maximum atomic E-state index is 13.3. The van der Waals surface area contributed by atoms with E-state index < -0.39 is 35.6 Å². The predicted octanol–water partition coefficient (Wildman–Crippen LogP) is 3.00. The molecule has 0 radical (unpaired) electrons. The van der Waals surface area contributed by atoms with E-state index in [9.17, 15) is 22.8 Å². The van der Waals surface area contributed by atoms with E-state index in [1.807, 2.05) is 0 Å². The summed E-state index contributed by atoms with van der Waals surface area (Å²) in [6.07, 6.45) is 0. The summed E-state index contributed by atoms with van der Waals surface area (Å²) in [5.41, 5.74) is 0.684. The molecule has 0 aliphatic heterocycles. The Balaban J connectivity index is 1.62. The minimum Gasteiger partial charge on any atom is -0.325 e. The highest BCUT2D eigenvalue weighted by atomic mass is 19.2. The number of halogens is 3. The molecule has 2 N–H and O–H groups in total. The van der Waals surface area contributed by atoms with Gasteiger partial charge in [-0.15, -0.1) is 5.10 Å². The fourth-order valence-corrected chi connectivity index (χ4v) is 2.91. The number of rotatable bonds is 5. The van der Waals surface area contributed by atoms with Crippen molar-refractivity contribution in [3.05, 3.63) is 82.2 Å². The van der Waals surface area contributed by atoms with Crippen LogP contribution < -0.4 is 16.3 Å². The highest BCUT2D eigenvalue weighted by molar-refractivity contribution is 5.90. The lowest BCUT2D eigenvalue weighted by molar-refractivity contribution is -0.117. The standard InChI is InChI=1S/C20H15F3N6O2/c1-11-8-17-27-28(10-18(30)25-14-6-7-15(22)16(23)9-14)20(31)29(17)19(24-11)26-13-4-2-12(21)3-5-13/h2-9H,10H2,1H3,(H,24,26)(H,25,30). The minimum atomic E-state index is -1.11. The third kappa shape index (κ3) is 4.25. The molecular formula is C20H15F3N6O2. The van der Waals surface area contributed by atoms with Gasteiger partial charge in [-0.05, 0) is 43.3 Å². The van der Waals surface area contributed by atoms with Crippen molar-refractivity contribution >= 4 is 28.9 Å². The van der Waals surface area contributed by atoms with Crippen molar-refractivity contribution in [3.63, 3.8) is 0 Å². The second-order valence-corrected chi connectivity index (χ2v) is 6.66. The highest BCUT2D eigenvalue weighted by Crippen LogP contribution is 2.16. The van der Waals surface area contributed by atoms with E-state index in [1.165, 1.54) is 34.7 Å². The van der Waals surface area contributed by atoms with E-state index in [1.54, 1.807) is 13.0 Å². The first-order valence-corrected chi connectivity index (χ1v) is 9.05. The first-order chi connectivity index (χ1) is 14.8. The second-order valence-electron chi connectivity index (χ2n) is 6.66. The van der Waals surface area contributed by atoms with Crippen molar-refractivity contribution in [2.45, 2.75) is 13.5 Å². The van der Waals surface area contributed by atoms with Gasteiger partial charge in [0.2, 0.25) is 11.9 Å². The molecule has 0 saturated heterocycles. The molecule has 0 unspecified atom stereocenters. The normalized spacial score (nSPS) is 11.0. The molecule has 0 aliphatic carbocycles. The quantitative estimate of drug-likeness (QED) is 0.510. The smallest absolute Gasteiger partial charge is 0.325 e. The Labute approximate surface area is 173 Å². The topological polar surface area (TPSA) is 93.3 Å². The summed E-state index contributed by atoms with van der Waals surface area (Å²) in [6.45, 7) is 1.24. The van der Waals surface area contributed by atoms with Crippen LogP contribution in [0.25, 0.3) is 5.65 Å². The second kappa shape index (κ2) is 7.94. The minimum absolute atomic E-state index is 0.0388. The maximum absolute atomic E-state index is 13.3. The highest BCUT2D eigenvalue weighted by Gasteiger charge is 2.16. The number of anilines is 3. The number of hydrogen-bond donors (Lipinski definition) is 2. The number of nitrogens with one attached hydrogen (secondary N) is 2. The Morgan fingerprint density at radius 2 is 1.71 bits per heavy atom. The molecule has 0 saturated carbocycles. The molecule has 0 fully saturated rings. The number of aromatic nitrogens is 4. The van der Waals surface area contributed by atoms with Gasteiger partial charge in [0.05, 0.1) is 0 Å². The molecule has 1 amide bonds. The van der Waals surface area contributed by atoms with Crippen LogP contribution in [0.4, 0.5) is 30.5 Å². The third-order valence-electron chi connectivity index (χ3n) is 4.29. The molecule has 2 aromatic heterocycles. The third-order valence-corrected chi connectivity index (χ3v) is 4.29. The van der Waals surface area contributed by atoms with Gasteiger partial charge < -0.3 is 10.6 Å². The van der Waals surface area contributed by atoms with Crippen LogP contribution in [0.5, 0.6) is 0 Å². The number of amides is 1. The zero-order valence-corrected chi connectivity index (χ0v) is 16.1. The van der Waals surface area contributed by atoms with Crippen molar-refractivity contribution in [3.8, 4) is 0 Å². The van der Waals surface area contributed by atoms with Crippen LogP contribution in [0.15, 0.2) is 53.3 Å². The summed E-state index contributed by atoms with van der Waals surface area (Å²) in [7, 11) is 0. The molecule has 0 bridgehead atoms. The number of aryl methyl sites for hydroxylation is 1. The number of carbonyl (C=O) groups excluding carboxylic acids is 1. The fourth-order valence-electron chi connectivity index (χ4n) is 2.91. The first kappa shape index (κ1) is 20.1. The lowest BCUT2D eigenvalue weighted by Crippen LogP contribution is -2.29. The zero-order valence-electron chi connectivity index (χ0n) is 16.1. The molecule has 8 nitrogen and oxygen atoms in total. The Morgan fingerprint density at radius 3 is 2.42 bits per heavy atom. The van der Waals surface area contributed by atoms with E-state index in [0.717, 1.165) is 16.8 Å². The van der Waals surface area contributed by atoms with Gasteiger partial charge in [-0.2, -0.15) is 0 Å². The number of hydrogen-bond acceptors (Lipinski definition) is 5. The van der Waals surface area contributed by atoms with Crippen LogP contribution >= 0.6 is 0 Å². The summed E-state index contributed by atoms with van der Waals surface area (Å²) >= 11 is 0. The molecule has 4 rings (SSSR count). The Kier molecular flexibility index (Phi) is 5.15. The lowest BCUT2D eigenvalue weighted by Gasteiger charge is -2.07. The van der Waals surface area contributed by atoms with E-state index in [4.69, 9.17) is 0 Å².